The fourth-order valence-electron chi connectivity index (χ4n) is 4.73. The average Bonchev–Trinajstić information content (AvgIpc) is 2.93. The van der Waals surface area contributed by atoms with Crippen LogP contribution in [0.1, 0.15) is 0 Å². The van der Waals surface area contributed by atoms with Crippen molar-refractivity contribution in [3.8, 4) is 33.8 Å². The molecule has 12 heteroatoms. The van der Waals surface area contributed by atoms with Crippen molar-refractivity contribution in [1.29, 1.82) is 0 Å². The molecule has 5 aromatic carbocycles. The Bertz CT molecular complexity index is 1690. The maximum absolute atomic E-state index is 15.3. The maximum Gasteiger partial charge on any atom is 0.204 e. The van der Waals surface area contributed by atoms with Crippen molar-refractivity contribution in [2.24, 2.45) is 0 Å². The van der Waals surface area contributed by atoms with Gasteiger partial charge in [0.25, 0.3) is 0 Å². The van der Waals surface area contributed by atoms with Crippen molar-refractivity contribution in [3.05, 3.63) is 94.6 Å². The van der Waals surface area contributed by atoms with Gasteiger partial charge in [-0.05, 0) is 33.7 Å². The predicted molar refractivity (Wildman–Crippen MR) is 125 cm³/mol. The summed E-state index contributed by atoms with van der Waals surface area (Å²) >= 11 is 0. The molecule has 206 valence electrons. The molecule has 0 radical (unpaired) electrons. The number of rotatable bonds is 4. The Morgan fingerprint density at radius 3 is 0.975 bits per heavy atom. The van der Waals surface area contributed by atoms with E-state index in [0.717, 1.165) is 26.4 Å². The van der Waals surface area contributed by atoms with Crippen molar-refractivity contribution >= 4 is 21.5 Å². The van der Waals surface area contributed by atoms with Crippen LogP contribution in [0.25, 0.3) is 43.8 Å². The summed E-state index contributed by atoms with van der Waals surface area (Å²) in [5, 5.41) is -2.20. The van der Waals surface area contributed by atoms with Gasteiger partial charge in [-0.3, -0.25) is 0 Å². The molecule has 0 spiro atoms. The molecule has 0 aliphatic heterocycles. The molecule has 0 heterocycles. The molecule has 5 rings (SSSR count). The highest BCUT2D eigenvalue weighted by molar-refractivity contribution is 6.21. The molecule has 0 unspecified atom stereocenters. The third-order valence-corrected chi connectivity index (χ3v) is 6.42. The molecule has 0 bridgehead atoms. The van der Waals surface area contributed by atoms with Gasteiger partial charge in [0.1, 0.15) is 0 Å². The number of hydrogen-bond donors (Lipinski definition) is 0. The molecule has 0 atom stereocenters. The fraction of sp³-hybridized carbons (Fsp3) is 0.0714. The standard InChI is InChI=1S/C28H12F10O2/c1-39-27-23(35)19(31)17(20(32)24(27)36)15-9-5-3-4-6-10(9)16(12-8-14(30)13(29)7-11(12)15)18-21(33)25(37)28(40-2)26(38)22(18)34/h3-8H,1-2H3. The summed E-state index contributed by atoms with van der Waals surface area (Å²) in [5.74, 6) is -21.9. The largest absolute Gasteiger partial charge is 0.491 e. The normalized spacial score (nSPS) is 11.5. The smallest absolute Gasteiger partial charge is 0.204 e. The first-order valence-corrected chi connectivity index (χ1v) is 11.1. The third kappa shape index (κ3) is 3.65. The first kappa shape index (κ1) is 27.1. The lowest BCUT2D eigenvalue weighted by atomic mass is 9.85. The first-order chi connectivity index (χ1) is 19.0. The Morgan fingerprint density at radius 2 is 0.700 bits per heavy atom. The minimum absolute atomic E-state index is 0.362. The Kier molecular flexibility index (Phi) is 6.51. The van der Waals surface area contributed by atoms with Gasteiger partial charge in [-0.25, -0.2) is 26.3 Å². The Labute approximate surface area is 218 Å². The van der Waals surface area contributed by atoms with Crippen molar-refractivity contribution < 1.29 is 53.4 Å². The molecule has 5 aromatic rings. The lowest BCUT2D eigenvalue weighted by Crippen LogP contribution is -2.06. The van der Waals surface area contributed by atoms with Gasteiger partial charge in [0.05, 0.1) is 25.3 Å². The van der Waals surface area contributed by atoms with Gasteiger partial charge in [-0.2, -0.15) is 17.6 Å². The number of ether oxygens (including phenoxy) is 2. The Hall–Kier alpha value is -4.48. The summed E-state index contributed by atoms with van der Waals surface area (Å²) in [6.45, 7) is 0. The minimum atomic E-state index is -1.99. The molecule has 0 amide bonds. The fourth-order valence-corrected chi connectivity index (χ4v) is 4.73. The van der Waals surface area contributed by atoms with Crippen LogP contribution in [0, 0.1) is 58.2 Å². The molecule has 0 aromatic heterocycles. The summed E-state index contributed by atoms with van der Waals surface area (Å²) in [4.78, 5) is 0. The van der Waals surface area contributed by atoms with Gasteiger partial charge in [-0.1, -0.05) is 24.3 Å². The topological polar surface area (TPSA) is 18.5 Å². The van der Waals surface area contributed by atoms with Crippen LogP contribution in [0.4, 0.5) is 43.9 Å². The van der Waals surface area contributed by atoms with Gasteiger partial charge >= 0.3 is 0 Å². The van der Waals surface area contributed by atoms with Crippen molar-refractivity contribution in [1.82, 2.24) is 0 Å². The van der Waals surface area contributed by atoms with E-state index >= 15 is 17.6 Å². The number of fused-ring (bicyclic) bond motifs is 2. The number of halogens is 10. The zero-order valence-corrected chi connectivity index (χ0v) is 20.1. The SMILES string of the molecule is COc1c(F)c(F)c(-c2c3ccccc3c(-c3c(F)c(F)c(OC)c(F)c3F)c3cc(F)c(F)cc23)c(F)c1F. The number of hydrogen-bond acceptors (Lipinski definition) is 2. The van der Waals surface area contributed by atoms with Crippen molar-refractivity contribution in [2.45, 2.75) is 0 Å². The summed E-state index contributed by atoms with van der Waals surface area (Å²) in [6, 6.07) is 5.38. The van der Waals surface area contributed by atoms with Crippen LogP contribution < -0.4 is 9.47 Å². The van der Waals surface area contributed by atoms with E-state index in [9.17, 15) is 26.3 Å². The van der Waals surface area contributed by atoms with Crippen LogP contribution in [0.15, 0.2) is 36.4 Å². The van der Waals surface area contributed by atoms with Gasteiger partial charge in [-0.15, -0.1) is 0 Å². The van der Waals surface area contributed by atoms with E-state index in [1.807, 2.05) is 0 Å². The van der Waals surface area contributed by atoms with E-state index in [0.29, 0.717) is 12.1 Å². The number of benzene rings is 5. The number of methoxy groups -OCH3 is 2. The zero-order valence-electron chi connectivity index (χ0n) is 20.1. The summed E-state index contributed by atoms with van der Waals surface area (Å²) in [6.07, 6.45) is 0. The van der Waals surface area contributed by atoms with Gasteiger partial charge < -0.3 is 9.47 Å². The van der Waals surface area contributed by atoms with Crippen LogP contribution in [0.2, 0.25) is 0 Å². The molecular weight excluding hydrogens is 558 g/mol. The summed E-state index contributed by atoms with van der Waals surface area (Å²) in [5.41, 5.74) is -4.27. The van der Waals surface area contributed by atoms with E-state index in [-0.39, 0.29) is 0 Å². The van der Waals surface area contributed by atoms with Crippen LogP contribution in [0.5, 0.6) is 11.5 Å². The summed E-state index contributed by atoms with van der Waals surface area (Å²) < 4.78 is 158. The highest BCUT2D eigenvalue weighted by atomic mass is 19.2. The van der Waals surface area contributed by atoms with Crippen LogP contribution >= 0.6 is 0 Å². The second kappa shape index (κ2) is 9.61. The van der Waals surface area contributed by atoms with Gasteiger partial charge in [0.15, 0.2) is 46.4 Å². The Balaban J connectivity index is 2.10. The van der Waals surface area contributed by atoms with E-state index in [1.54, 1.807) is 0 Å². The second-order valence-corrected chi connectivity index (χ2v) is 8.44. The lowest BCUT2D eigenvalue weighted by Gasteiger charge is -2.20. The predicted octanol–water partition coefficient (Wildman–Crippen LogP) is 8.74. The minimum Gasteiger partial charge on any atom is -0.491 e. The lowest BCUT2D eigenvalue weighted by molar-refractivity contribution is 0.334. The highest BCUT2D eigenvalue weighted by Gasteiger charge is 2.33. The van der Waals surface area contributed by atoms with Crippen LogP contribution in [-0.4, -0.2) is 14.2 Å². The molecule has 0 aliphatic carbocycles. The summed E-state index contributed by atoms with van der Waals surface area (Å²) in [7, 11) is 1.49. The van der Waals surface area contributed by atoms with E-state index in [4.69, 9.17) is 0 Å². The van der Waals surface area contributed by atoms with E-state index < -0.39 is 113 Å². The quantitative estimate of drug-likeness (QED) is 0.122. The van der Waals surface area contributed by atoms with E-state index in [2.05, 4.69) is 9.47 Å². The van der Waals surface area contributed by atoms with Crippen LogP contribution in [0.3, 0.4) is 0 Å². The van der Waals surface area contributed by atoms with E-state index in [1.165, 1.54) is 12.1 Å². The molecule has 40 heavy (non-hydrogen) atoms. The van der Waals surface area contributed by atoms with Crippen molar-refractivity contribution in [2.75, 3.05) is 14.2 Å². The zero-order chi connectivity index (χ0) is 29.2. The second-order valence-electron chi connectivity index (χ2n) is 8.44. The maximum atomic E-state index is 15.3. The molecular formula is C28H12F10O2. The molecule has 0 N–H and O–H groups in total. The monoisotopic (exact) mass is 570 g/mol. The highest BCUT2D eigenvalue weighted by Crippen LogP contribution is 2.49. The molecule has 2 nitrogen and oxygen atoms in total. The molecule has 0 fully saturated rings. The van der Waals surface area contributed by atoms with Crippen LogP contribution in [-0.2, 0) is 0 Å². The van der Waals surface area contributed by atoms with Gasteiger partial charge in [0, 0.05) is 11.1 Å². The molecule has 0 saturated heterocycles. The molecule has 0 saturated carbocycles. The first-order valence-electron chi connectivity index (χ1n) is 11.1. The van der Waals surface area contributed by atoms with Gasteiger partial charge in [0.2, 0.25) is 23.3 Å². The third-order valence-electron chi connectivity index (χ3n) is 6.42. The molecule has 0 aliphatic rings. The Morgan fingerprint density at radius 1 is 0.400 bits per heavy atom. The van der Waals surface area contributed by atoms with Crippen molar-refractivity contribution in [3.63, 3.8) is 0 Å². The average molecular weight is 570 g/mol.